The summed E-state index contributed by atoms with van der Waals surface area (Å²) < 4.78 is 26.0. The number of primary amides is 1. The van der Waals surface area contributed by atoms with Gasteiger partial charge in [0.25, 0.3) is 23.6 Å². The third kappa shape index (κ3) is 10.1. The van der Waals surface area contributed by atoms with Gasteiger partial charge in [-0.1, -0.05) is 49.1 Å². The molecule has 6 amide bonds. The first kappa shape index (κ1) is 46.7. The summed E-state index contributed by atoms with van der Waals surface area (Å²) in [6.07, 6.45) is 6.70. The third-order valence-corrected chi connectivity index (χ3v) is 13.6. The highest BCUT2D eigenvalue weighted by Crippen LogP contribution is 2.36. The van der Waals surface area contributed by atoms with Crippen molar-refractivity contribution < 1.29 is 42.6 Å². The van der Waals surface area contributed by atoms with E-state index in [9.17, 15) is 33.2 Å². The summed E-state index contributed by atoms with van der Waals surface area (Å²) in [7, 11) is 3.62. The molecule has 4 atom stereocenters. The summed E-state index contributed by atoms with van der Waals surface area (Å²) in [5.74, 6) is 4.18. The number of halogens is 1. The van der Waals surface area contributed by atoms with Crippen molar-refractivity contribution >= 4 is 51.9 Å². The Morgan fingerprint density at radius 3 is 2.46 bits per heavy atom. The number of fused-ring (bicyclic) bond motifs is 2. The molecule has 4 aliphatic rings. The maximum Gasteiger partial charge on any atom is 0.264 e. The monoisotopic (exact) mass is 913 g/mol. The zero-order valence-corrected chi connectivity index (χ0v) is 38.0. The van der Waals surface area contributed by atoms with Crippen LogP contribution in [0.2, 0.25) is 0 Å². The molecule has 0 bridgehead atoms. The van der Waals surface area contributed by atoms with Gasteiger partial charge in [0, 0.05) is 54.0 Å². The Hall–Kier alpha value is -6.86. The number of hydrogen-bond acceptors (Lipinski definition) is 11. The molecule has 15 nitrogen and oxygen atoms in total. The van der Waals surface area contributed by atoms with Gasteiger partial charge in [-0.15, -0.1) is 0 Å². The number of nitrogens with two attached hydrogens (primary N) is 1. The Morgan fingerprint density at radius 2 is 1.75 bits per heavy atom. The molecule has 1 aromatic heterocycles. The van der Waals surface area contributed by atoms with Crippen molar-refractivity contribution in [2.24, 2.45) is 23.5 Å². The number of ether oxygens (including phenoxy) is 2. The fourth-order valence-electron chi connectivity index (χ4n) is 9.85. The van der Waals surface area contributed by atoms with E-state index < -0.39 is 59.6 Å². The Labute approximate surface area is 388 Å². The lowest BCUT2D eigenvalue weighted by molar-refractivity contribution is -0.136. The zero-order chi connectivity index (χ0) is 47.4. The van der Waals surface area contributed by atoms with Crippen molar-refractivity contribution in [3.63, 3.8) is 0 Å². The Morgan fingerprint density at radius 1 is 0.985 bits per heavy atom. The topological polar surface area (TPSA) is 202 Å². The van der Waals surface area contributed by atoms with Crippen LogP contribution in [0.5, 0.6) is 11.6 Å². The molecule has 1 aliphatic carbocycles. The van der Waals surface area contributed by atoms with Gasteiger partial charge in [-0.3, -0.25) is 39.0 Å². The fraction of sp³-hybridized carbons (Fsp3) is 0.431. The summed E-state index contributed by atoms with van der Waals surface area (Å²) in [6.45, 7) is 4.27. The van der Waals surface area contributed by atoms with Crippen molar-refractivity contribution in [3.8, 4) is 23.5 Å². The maximum absolute atomic E-state index is 14.5. The molecule has 8 rings (SSSR count). The number of methoxy groups -OCH3 is 1. The summed E-state index contributed by atoms with van der Waals surface area (Å²) in [5, 5.41) is 9.42. The first-order chi connectivity index (χ1) is 32.3. The number of amides is 6. The van der Waals surface area contributed by atoms with Crippen molar-refractivity contribution in [3.05, 3.63) is 94.2 Å². The quantitative estimate of drug-likeness (QED) is 0.0838. The van der Waals surface area contributed by atoms with Gasteiger partial charge < -0.3 is 30.7 Å². The molecule has 3 aliphatic heterocycles. The van der Waals surface area contributed by atoms with Crippen LogP contribution in [0.15, 0.2) is 60.8 Å². The summed E-state index contributed by atoms with van der Waals surface area (Å²) >= 11 is 0. The van der Waals surface area contributed by atoms with Crippen LogP contribution >= 0.6 is 0 Å². The standard InChI is InChI=1S/C51H56FN7O8/c1-4-34-40(56-48(63)45(34)52)28-67-49-37-24-42(66-3)38(46(53)61)23-36(37)33(26-55-49)19-18-30-12-16-32(17-13-30)27-58(2)22-6-7-29-10-14-31(15-11-29)25-54-39-9-5-8-35-44(39)51(65)59(50(35)64)41-20-21-43(60)57-47(41)62/h5,8-11,14-15,23-24,26,30,32,34,40-41,45,54H,4,6-7,12-13,16-17,20-22,25,27-28H2,1-3H3,(H2,53,61)(H,56,63)(H,57,60,62)/t30-,32-,34-,40+,41?,45-/m0/s1. The number of hydrogen-bond donors (Lipinski definition) is 4. The molecule has 0 spiro atoms. The predicted molar refractivity (Wildman–Crippen MR) is 248 cm³/mol. The number of nitrogens with one attached hydrogen (secondary N) is 3. The molecule has 67 heavy (non-hydrogen) atoms. The van der Waals surface area contributed by atoms with Crippen LogP contribution in [0.4, 0.5) is 10.1 Å². The molecule has 16 heteroatoms. The number of nitrogens with zero attached hydrogens (tertiary/aromatic N) is 3. The highest BCUT2D eigenvalue weighted by Gasteiger charge is 2.46. The summed E-state index contributed by atoms with van der Waals surface area (Å²) in [5.41, 5.74) is 9.78. The second-order valence-corrected chi connectivity index (χ2v) is 18.0. The molecule has 3 aromatic carbocycles. The van der Waals surface area contributed by atoms with Crippen LogP contribution in [-0.4, -0.2) is 102 Å². The predicted octanol–water partition coefficient (Wildman–Crippen LogP) is 5.32. The third-order valence-electron chi connectivity index (χ3n) is 13.6. The lowest BCUT2D eigenvalue weighted by atomic mass is 9.82. The maximum atomic E-state index is 14.5. The Balaban J connectivity index is 0.801. The number of aromatic nitrogens is 1. The normalized spacial score (nSPS) is 22.6. The average molecular weight is 914 g/mol. The van der Waals surface area contributed by atoms with E-state index in [-0.39, 0.29) is 53.7 Å². The van der Waals surface area contributed by atoms with Gasteiger partial charge in [0.15, 0.2) is 6.17 Å². The molecule has 3 fully saturated rings. The van der Waals surface area contributed by atoms with E-state index in [4.69, 9.17) is 15.2 Å². The van der Waals surface area contributed by atoms with Gasteiger partial charge in [0.1, 0.15) is 18.4 Å². The highest BCUT2D eigenvalue weighted by atomic mass is 19.1. The van der Waals surface area contributed by atoms with Gasteiger partial charge in [-0.2, -0.15) is 0 Å². The molecular weight excluding hydrogens is 858 g/mol. The van der Waals surface area contributed by atoms with Crippen LogP contribution in [-0.2, 0) is 27.3 Å². The number of rotatable bonds is 16. The minimum absolute atomic E-state index is 0.0260. The molecule has 1 saturated carbocycles. The zero-order valence-electron chi connectivity index (χ0n) is 38.0. The minimum atomic E-state index is -1.59. The van der Waals surface area contributed by atoms with E-state index in [0.717, 1.165) is 62.1 Å². The van der Waals surface area contributed by atoms with Gasteiger partial charge in [0.05, 0.1) is 35.4 Å². The smallest absolute Gasteiger partial charge is 0.264 e. The van der Waals surface area contributed by atoms with Crippen LogP contribution in [0.3, 0.4) is 0 Å². The molecule has 1 unspecified atom stereocenters. The van der Waals surface area contributed by atoms with Crippen LogP contribution in [0, 0.1) is 29.6 Å². The first-order valence-corrected chi connectivity index (χ1v) is 23.1. The average Bonchev–Trinajstić information content (AvgIpc) is 3.75. The fourth-order valence-corrected chi connectivity index (χ4v) is 9.85. The highest BCUT2D eigenvalue weighted by molar-refractivity contribution is 6.25. The van der Waals surface area contributed by atoms with Crippen LogP contribution in [0.25, 0.3) is 10.8 Å². The van der Waals surface area contributed by atoms with Gasteiger partial charge in [-0.05, 0) is 106 Å². The van der Waals surface area contributed by atoms with E-state index in [1.165, 1.54) is 12.7 Å². The molecule has 0 radical (unpaired) electrons. The number of imide groups is 2. The number of benzene rings is 3. The second-order valence-electron chi connectivity index (χ2n) is 18.0. The van der Waals surface area contributed by atoms with Gasteiger partial charge in [-0.25, -0.2) is 9.37 Å². The number of carbonyl (C=O) groups is 6. The van der Waals surface area contributed by atoms with E-state index >= 15 is 0 Å². The van der Waals surface area contributed by atoms with Crippen molar-refractivity contribution in [1.82, 2.24) is 25.4 Å². The molecule has 5 N–H and O–H groups in total. The Kier molecular flexibility index (Phi) is 14.2. The molecule has 4 aromatic rings. The van der Waals surface area contributed by atoms with E-state index in [0.29, 0.717) is 40.9 Å². The number of carbonyl (C=O) groups excluding carboxylic acids is 6. The Bertz CT molecular complexity index is 2660. The molecule has 2 saturated heterocycles. The van der Waals surface area contributed by atoms with Crippen LogP contribution < -0.4 is 31.2 Å². The lowest BCUT2D eigenvalue weighted by Crippen LogP contribution is -2.54. The summed E-state index contributed by atoms with van der Waals surface area (Å²) in [6, 6.07) is 15.2. The van der Waals surface area contributed by atoms with E-state index in [2.05, 4.69) is 69.0 Å². The summed E-state index contributed by atoms with van der Waals surface area (Å²) in [4.78, 5) is 83.2. The van der Waals surface area contributed by atoms with Crippen LogP contribution in [0.1, 0.15) is 106 Å². The minimum Gasteiger partial charge on any atom is -0.496 e. The van der Waals surface area contributed by atoms with Gasteiger partial charge in [0.2, 0.25) is 17.7 Å². The lowest BCUT2D eigenvalue weighted by Gasteiger charge is -2.29. The van der Waals surface area contributed by atoms with E-state index in [1.54, 1.807) is 36.5 Å². The molecular formula is C51H56FN7O8. The molecule has 4 heterocycles. The van der Waals surface area contributed by atoms with Crippen molar-refractivity contribution in [2.75, 3.05) is 39.2 Å². The second kappa shape index (κ2) is 20.3. The number of alkyl halides is 1. The number of piperidine rings is 1. The SMILES string of the molecule is CC[C@@H]1[C@H](F)C(=O)N[C@@H]1COc1ncc(C#C[C@H]2CC[C@H](CN(C)CCCc3ccc(CNc4cccc5c4C(=O)N(C4CCC(=O)NC4=O)C5=O)cc3)CC2)c2cc(C(N)=O)c(OC)cc12. The van der Waals surface area contributed by atoms with Crippen molar-refractivity contribution in [1.29, 1.82) is 0 Å². The van der Waals surface area contributed by atoms with Crippen molar-refractivity contribution in [2.45, 2.75) is 89.5 Å². The largest absolute Gasteiger partial charge is 0.496 e. The number of aryl methyl sites for hydroxylation is 1. The number of pyridine rings is 1. The first-order valence-electron chi connectivity index (χ1n) is 23.1. The number of anilines is 1. The van der Waals surface area contributed by atoms with E-state index in [1.807, 2.05) is 6.92 Å². The van der Waals surface area contributed by atoms with Gasteiger partial charge >= 0.3 is 0 Å². The molecule has 350 valence electrons.